The first kappa shape index (κ1) is 12.9. The molecule has 0 unspecified atom stereocenters. The van der Waals surface area contributed by atoms with Gasteiger partial charge in [0.05, 0.1) is 23.8 Å². The molecule has 2 heterocycles. The Bertz CT molecular complexity index is 731. The highest BCUT2D eigenvalue weighted by Gasteiger charge is 2.05. The summed E-state index contributed by atoms with van der Waals surface area (Å²) < 4.78 is 1.98. The number of aromatic nitrogens is 2. The fraction of sp³-hybridized carbons (Fsp3) is 0.200. The first-order valence-electron chi connectivity index (χ1n) is 6.41. The molecule has 0 saturated heterocycles. The van der Waals surface area contributed by atoms with Gasteiger partial charge in [0.25, 0.3) is 0 Å². The zero-order valence-corrected chi connectivity index (χ0v) is 12.0. The van der Waals surface area contributed by atoms with E-state index in [4.69, 9.17) is 0 Å². The third kappa shape index (κ3) is 2.72. The summed E-state index contributed by atoms with van der Waals surface area (Å²) in [5.41, 5.74) is 3.12. The lowest BCUT2D eigenvalue weighted by Crippen LogP contribution is -2.24. The number of fused-ring (bicyclic) bond motifs is 1. The Kier molecular flexibility index (Phi) is 3.52. The van der Waals surface area contributed by atoms with Gasteiger partial charge in [0, 0.05) is 18.5 Å². The van der Waals surface area contributed by atoms with Gasteiger partial charge in [-0.1, -0.05) is 12.1 Å². The Balaban J connectivity index is 1.63. The van der Waals surface area contributed by atoms with E-state index in [2.05, 4.69) is 10.3 Å². The molecule has 0 atom stereocenters. The summed E-state index contributed by atoms with van der Waals surface area (Å²) in [5, 5.41) is 4.93. The average molecular weight is 285 g/mol. The number of benzene rings is 1. The number of carbonyl (C=O) groups is 1. The zero-order chi connectivity index (χ0) is 13.9. The van der Waals surface area contributed by atoms with Crippen molar-refractivity contribution in [2.75, 3.05) is 0 Å². The molecule has 0 bridgehead atoms. The standard InChI is InChI=1S/C15H15N3OS/c1-18-10-17-13-7-11(4-5-14(13)18)9-16-15(19)8-12-3-2-6-20-12/h2-7,10H,8-9H2,1H3,(H,16,19). The van der Waals surface area contributed by atoms with Crippen LogP contribution >= 0.6 is 11.3 Å². The lowest BCUT2D eigenvalue weighted by atomic mass is 10.2. The van der Waals surface area contributed by atoms with Crippen LogP contribution in [0.25, 0.3) is 11.0 Å². The summed E-state index contributed by atoms with van der Waals surface area (Å²) in [6, 6.07) is 10.0. The molecule has 0 aliphatic heterocycles. The van der Waals surface area contributed by atoms with Gasteiger partial charge in [0.15, 0.2) is 0 Å². The van der Waals surface area contributed by atoms with E-state index in [-0.39, 0.29) is 5.91 Å². The van der Waals surface area contributed by atoms with Crippen LogP contribution in [0.4, 0.5) is 0 Å². The number of hydrogen-bond acceptors (Lipinski definition) is 3. The minimum absolute atomic E-state index is 0.0496. The number of aryl methyl sites for hydroxylation is 1. The van der Waals surface area contributed by atoms with Crippen molar-refractivity contribution in [3.05, 3.63) is 52.5 Å². The molecular formula is C15H15N3OS. The van der Waals surface area contributed by atoms with Gasteiger partial charge < -0.3 is 9.88 Å². The normalized spacial score (nSPS) is 10.8. The highest BCUT2D eigenvalue weighted by molar-refractivity contribution is 7.10. The summed E-state index contributed by atoms with van der Waals surface area (Å²) in [5.74, 6) is 0.0496. The quantitative estimate of drug-likeness (QED) is 0.800. The Morgan fingerprint density at radius 2 is 2.30 bits per heavy atom. The maximum Gasteiger partial charge on any atom is 0.225 e. The Hall–Kier alpha value is -2.14. The van der Waals surface area contributed by atoms with Crippen LogP contribution in [0.15, 0.2) is 42.0 Å². The van der Waals surface area contributed by atoms with Crippen LogP contribution in [0.2, 0.25) is 0 Å². The van der Waals surface area contributed by atoms with Crippen LogP contribution in [0.3, 0.4) is 0 Å². The average Bonchev–Trinajstić information content (AvgIpc) is 3.07. The van der Waals surface area contributed by atoms with Crippen molar-refractivity contribution in [1.82, 2.24) is 14.9 Å². The third-order valence-electron chi connectivity index (χ3n) is 3.19. The molecule has 0 spiro atoms. The zero-order valence-electron chi connectivity index (χ0n) is 11.2. The van der Waals surface area contributed by atoms with Crippen LogP contribution in [-0.2, 0) is 24.8 Å². The molecule has 0 aliphatic carbocycles. The lowest BCUT2D eigenvalue weighted by molar-refractivity contribution is -0.120. The molecule has 3 aromatic rings. The molecule has 2 aromatic heterocycles. The first-order chi connectivity index (χ1) is 9.72. The van der Waals surface area contributed by atoms with Crippen molar-refractivity contribution in [2.24, 2.45) is 7.05 Å². The Morgan fingerprint density at radius 3 is 3.10 bits per heavy atom. The van der Waals surface area contributed by atoms with Crippen molar-refractivity contribution < 1.29 is 4.79 Å². The van der Waals surface area contributed by atoms with E-state index in [1.165, 1.54) is 0 Å². The van der Waals surface area contributed by atoms with Crippen molar-refractivity contribution in [3.8, 4) is 0 Å². The summed E-state index contributed by atoms with van der Waals surface area (Å²) in [6.07, 6.45) is 2.24. The maximum absolute atomic E-state index is 11.8. The highest BCUT2D eigenvalue weighted by atomic mass is 32.1. The Morgan fingerprint density at radius 1 is 1.40 bits per heavy atom. The molecule has 4 nitrogen and oxygen atoms in total. The minimum Gasteiger partial charge on any atom is -0.352 e. The molecule has 1 amide bonds. The fourth-order valence-electron chi connectivity index (χ4n) is 2.13. The van der Waals surface area contributed by atoms with E-state index in [1.807, 2.05) is 47.3 Å². The molecule has 0 radical (unpaired) electrons. The highest BCUT2D eigenvalue weighted by Crippen LogP contribution is 2.14. The largest absolute Gasteiger partial charge is 0.352 e. The third-order valence-corrected chi connectivity index (χ3v) is 4.07. The van der Waals surface area contributed by atoms with Gasteiger partial charge in [0.1, 0.15) is 0 Å². The SMILES string of the molecule is Cn1cnc2cc(CNC(=O)Cc3cccs3)ccc21. The monoisotopic (exact) mass is 285 g/mol. The number of hydrogen-bond donors (Lipinski definition) is 1. The molecule has 0 saturated carbocycles. The molecule has 102 valence electrons. The summed E-state index contributed by atoms with van der Waals surface area (Å²) in [6.45, 7) is 0.538. The number of thiophene rings is 1. The van der Waals surface area contributed by atoms with E-state index in [9.17, 15) is 4.79 Å². The molecule has 1 N–H and O–H groups in total. The van der Waals surface area contributed by atoms with E-state index in [0.717, 1.165) is 21.5 Å². The van der Waals surface area contributed by atoms with Gasteiger partial charge in [-0.3, -0.25) is 4.79 Å². The van der Waals surface area contributed by atoms with Gasteiger partial charge in [-0.2, -0.15) is 0 Å². The molecule has 5 heteroatoms. The van der Waals surface area contributed by atoms with Crippen molar-refractivity contribution in [2.45, 2.75) is 13.0 Å². The van der Waals surface area contributed by atoms with E-state index in [0.29, 0.717) is 13.0 Å². The van der Waals surface area contributed by atoms with Crippen molar-refractivity contribution in [1.29, 1.82) is 0 Å². The van der Waals surface area contributed by atoms with Crippen LogP contribution in [-0.4, -0.2) is 15.5 Å². The first-order valence-corrected chi connectivity index (χ1v) is 7.29. The summed E-state index contributed by atoms with van der Waals surface area (Å²) >= 11 is 1.60. The molecule has 0 fully saturated rings. The number of amides is 1. The van der Waals surface area contributed by atoms with Crippen LogP contribution in [0.5, 0.6) is 0 Å². The minimum atomic E-state index is 0.0496. The summed E-state index contributed by atoms with van der Waals surface area (Å²) in [4.78, 5) is 17.2. The van der Waals surface area contributed by atoms with Crippen molar-refractivity contribution in [3.63, 3.8) is 0 Å². The molecule has 20 heavy (non-hydrogen) atoms. The fourth-order valence-corrected chi connectivity index (χ4v) is 2.83. The topological polar surface area (TPSA) is 46.9 Å². The predicted octanol–water partition coefficient (Wildman–Crippen LogP) is 2.49. The molecule has 3 rings (SSSR count). The number of imidazole rings is 1. The molecular weight excluding hydrogens is 270 g/mol. The van der Waals surface area contributed by atoms with Crippen LogP contribution in [0, 0.1) is 0 Å². The van der Waals surface area contributed by atoms with E-state index >= 15 is 0 Å². The van der Waals surface area contributed by atoms with Gasteiger partial charge in [-0.15, -0.1) is 11.3 Å². The van der Waals surface area contributed by atoms with E-state index < -0.39 is 0 Å². The van der Waals surface area contributed by atoms with Gasteiger partial charge in [-0.25, -0.2) is 4.98 Å². The second-order valence-corrected chi connectivity index (χ2v) is 5.74. The van der Waals surface area contributed by atoms with Crippen LogP contribution in [0.1, 0.15) is 10.4 Å². The van der Waals surface area contributed by atoms with Crippen LogP contribution < -0.4 is 5.32 Å². The second-order valence-electron chi connectivity index (χ2n) is 4.71. The summed E-state index contributed by atoms with van der Waals surface area (Å²) in [7, 11) is 1.97. The molecule has 1 aromatic carbocycles. The number of nitrogens with one attached hydrogen (secondary N) is 1. The number of nitrogens with zero attached hydrogens (tertiary/aromatic N) is 2. The van der Waals surface area contributed by atoms with Gasteiger partial charge in [-0.05, 0) is 29.1 Å². The van der Waals surface area contributed by atoms with E-state index in [1.54, 1.807) is 17.7 Å². The van der Waals surface area contributed by atoms with Gasteiger partial charge in [0.2, 0.25) is 5.91 Å². The molecule has 0 aliphatic rings. The Labute approximate surface area is 121 Å². The smallest absolute Gasteiger partial charge is 0.225 e. The number of carbonyl (C=O) groups excluding carboxylic acids is 1. The maximum atomic E-state index is 11.8. The van der Waals surface area contributed by atoms with Crippen molar-refractivity contribution >= 4 is 28.3 Å². The lowest BCUT2D eigenvalue weighted by Gasteiger charge is -2.05. The predicted molar refractivity (Wildman–Crippen MR) is 80.6 cm³/mol. The van der Waals surface area contributed by atoms with Gasteiger partial charge >= 0.3 is 0 Å². The second kappa shape index (κ2) is 5.46. The number of rotatable bonds is 4.